The number of nitrogens with zero attached hydrogens (tertiary/aromatic N) is 1. The van der Waals surface area contributed by atoms with Crippen LogP contribution in [0.25, 0.3) is 0 Å². The summed E-state index contributed by atoms with van der Waals surface area (Å²) in [5, 5.41) is 12.1. The molecule has 108 valence electrons. The van der Waals surface area contributed by atoms with Crippen molar-refractivity contribution in [1.29, 1.82) is 5.26 Å². The van der Waals surface area contributed by atoms with E-state index in [1.54, 1.807) is 12.1 Å². The second-order valence-electron chi connectivity index (χ2n) is 5.33. The molecule has 0 aliphatic carbocycles. The first-order valence-electron chi connectivity index (χ1n) is 6.81. The smallest absolute Gasteiger partial charge is 0.322 e. The van der Waals surface area contributed by atoms with Gasteiger partial charge in [-0.15, -0.1) is 0 Å². The lowest BCUT2D eigenvalue weighted by Gasteiger charge is -2.23. The number of ether oxygens (including phenoxy) is 1. The van der Waals surface area contributed by atoms with Gasteiger partial charge in [0, 0.05) is 6.04 Å². The zero-order valence-corrected chi connectivity index (χ0v) is 12.5. The summed E-state index contributed by atoms with van der Waals surface area (Å²) in [6.07, 6.45) is 0.729. The lowest BCUT2D eigenvalue weighted by Crippen LogP contribution is -2.40. The zero-order valence-electron chi connectivity index (χ0n) is 12.5. The molecule has 1 aromatic rings. The van der Waals surface area contributed by atoms with E-state index < -0.39 is 0 Å². The third-order valence-corrected chi connectivity index (χ3v) is 3.18. The summed E-state index contributed by atoms with van der Waals surface area (Å²) >= 11 is 0. The number of hydrogen-bond donors (Lipinski definition) is 1. The minimum atomic E-state index is -0.314. The Hall–Kier alpha value is -1.86. The topological polar surface area (TPSA) is 62.1 Å². The summed E-state index contributed by atoms with van der Waals surface area (Å²) < 4.78 is 4.84. The average Bonchev–Trinajstić information content (AvgIpc) is 2.45. The second-order valence-corrected chi connectivity index (χ2v) is 5.33. The predicted molar refractivity (Wildman–Crippen MR) is 78.0 cm³/mol. The highest BCUT2D eigenvalue weighted by Gasteiger charge is 2.22. The van der Waals surface area contributed by atoms with Gasteiger partial charge in [-0.05, 0) is 37.0 Å². The molecule has 0 saturated heterocycles. The van der Waals surface area contributed by atoms with Crippen molar-refractivity contribution in [3.8, 4) is 6.07 Å². The van der Waals surface area contributed by atoms with Crippen LogP contribution in [0, 0.1) is 17.2 Å². The summed E-state index contributed by atoms with van der Waals surface area (Å²) in [7, 11) is 1.41. The van der Waals surface area contributed by atoms with Crippen molar-refractivity contribution in [1.82, 2.24) is 5.32 Å². The monoisotopic (exact) mass is 274 g/mol. The fourth-order valence-corrected chi connectivity index (χ4v) is 2.09. The second kappa shape index (κ2) is 7.66. The quantitative estimate of drug-likeness (QED) is 0.810. The van der Waals surface area contributed by atoms with Crippen molar-refractivity contribution in [2.24, 2.45) is 5.92 Å². The molecule has 0 aliphatic heterocycles. The van der Waals surface area contributed by atoms with Crippen molar-refractivity contribution >= 4 is 5.97 Å². The molecule has 0 spiro atoms. The minimum absolute atomic E-state index is 0.0191. The highest BCUT2D eigenvalue weighted by molar-refractivity contribution is 5.75. The number of nitrogens with one attached hydrogen (secondary N) is 1. The molecule has 0 heterocycles. The van der Waals surface area contributed by atoms with Gasteiger partial charge in [0.1, 0.15) is 6.04 Å². The van der Waals surface area contributed by atoms with E-state index in [0.29, 0.717) is 11.5 Å². The molecule has 2 atom stereocenters. The number of carbonyl (C=O) groups is 1. The maximum absolute atomic E-state index is 11.8. The number of benzene rings is 1. The van der Waals surface area contributed by atoms with E-state index in [1.165, 1.54) is 7.11 Å². The third-order valence-electron chi connectivity index (χ3n) is 3.18. The summed E-state index contributed by atoms with van der Waals surface area (Å²) in [6, 6.07) is 9.16. The van der Waals surface area contributed by atoms with Gasteiger partial charge in [-0.3, -0.25) is 10.1 Å². The Morgan fingerprint density at radius 3 is 2.35 bits per heavy atom. The van der Waals surface area contributed by atoms with E-state index in [9.17, 15) is 4.79 Å². The van der Waals surface area contributed by atoms with Crippen molar-refractivity contribution in [3.63, 3.8) is 0 Å². The van der Waals surface area contributed by atoms with E-state index >= 15 is 0 Å². The molecular weight excluding hydrogens is 252 g/mol. The van der Waals surface area contributed by atoms with Crippen LogP contribution >= 0.6 is 0 Å². The van der Waals surface area contributed by atoms with E-state index in [0.717, 1.165) is 12.0 Å². The van der Waals surface area contributed by atoms with Gasteiger partial charge in [-0.25, -0.2) is 0 Å². The third kappa shape index (κ3) is 4.67. The lowest BCUT2D eigenvalue weighted by molar-refractivity contribution is -0.143. The van der Waals surface area contributed by atoms with Gasteiger partial charge in [0.05, 0.1) is 18.7 Å². The van der Waals surface area contributed by atoms with E-state index in [2.05, 4.69) is 25.2 Å². The molecule has 1 N–H and O–H groups in total. The van der Waals surface area contributed by atoms with Crippen molar-refractivity contribution in [2.45, 2.75) is 39.3 Å². The Bertz CT molecular complexity index is 474. The minimum Gasteiger partial charge on any atom is -0.468 e. The van der Waals surface area contributed by atoms with Gasteiger partial charge in [0.25, 0.3) is 0 Å². The van der Waals surface area contributed by atoms with Gasteiger partial charge in [0.15, 0.2) is 0 Å². The van der Waals surface area contributed by atoms with E-state index in [4.69, 9.17) is 10.00 Å². The first-order chi connectivity index (χ1) is 9.47. The summed E-state index contributed by atoms with van der Waals surface area (Å²) in [6.45, 7) is 6.14. The normalized spacial score (nSPS) is 13.6. The number of esters is 1. The van der Waals surface area contributed by atoms with Crippen LogP contribution < -0.4 is 5.32 Å². The molecule has 0 fully saturated rings. The molecule has 1 rings (SSSR count). The molecule has 0 radical (unpaired) electrons. The maximum atomic E-state index is 11.8. The lowest BCUT2D eigenvalue weighted by atomic mass is 10.0. The van der Waals surface area contributed by atoms with Gasteiger partial charge in [-0.2, -0.15) is 5.26 Å². The van der Waals surface area contributed by atoms with Crippen molar-refractivity contribution in [3.05, 3.63) is 35.4 Å². The Labute approximate surface area is 120 Å². The standard InChI is InChI=1S/C16H22N2O2/c1-11(2)9-15(16(19)20-4)18-12(3)14-7-5-13(10-17)6-8-14/h5-8,11-12,15,18H,9H2,1-4H3. The fraction of sp³-hybridized carbons (Fsp3) is 0.500. The number of hydrogen-bond acceptors (Lipinski definition) is 4. The highest BCUT2D eigenvalue weighted by atomic mass is 16.5. The largest absolute Gasteiger partial charge is 0.468 e. The van der Waals surface area contributed by atoms with Crippen LogP contribution in [0.4, 0.5) is 0 Å². The Balaban J connectivity index is 2.76. The van der Waals surface area contributed by atoms with E-state index in [-0.39, 0.29) is 18.1 Å². The molecule has 0 saturated carbocycles. The number of nitriles is 1. The van der Waals surface area contributed by atoms with E-state index in [1.807, 2.05) is 19.1 Å². The molecule has 0 bridgehead atoms. The summed E-state index contributed by atoms with van der Waals surface area (Å²) in [5.74, 6) is 0.166. The van der Waals surface area contributed by atoms with Gasteiger partial charge in [-0.1, -0.05) is 26.0 Å². The Morgan fingerprint density at radius 2 is 1.90 bits per heavy atom. The number of methoxy groups -OCH3 is 1. The van der Waals surface area contributed by atoms with Gasteiger partial charge in [0.2, 0.25) is 0 Å². The molecule has 4 nitrogen and oxygen atoms in total. The first-order valence-corrected chi connectivity index (χ1v) is 6.81. The van der Waals surface area contributed by atoms with Crippen molar-refractivity contribution in [2.75, 3.05) is 7.11 Å². The SMILES string of the molecule is COC(=O)C(CC(C)C)NC(C)c1ccc(C#N)cc1. The van der Waals surface area contributed by atoms with Crippen LogP contribution in [0.15, 0.2) is 24.3 Å². The summed E-state index contributed by atoms with van der Waals surface area (Å²) in [4.78, 5) is 11.8. The number of carbonyl (C=O) groups excluding carboxylic acids is 1. The molecule has 4 heteroatoms. The van der Waals surface area contributed by atoms with Crippen molar-refractivity contribution < 1.29 is 9.53 Å². The highest BCUT2D eigenvalue weighted by Crippen LogP contribution is 2.16. The molecule has 0 aromatic heterocycles. The Morgan fingerprint density at radius 1 is 1.30 bits per heavy atom. The van der Waals surface area contributed by atoms with Crippen LogP contribution in [0.3, 0.4) is 0 Å². The predicted octanol–water partition coefficient (Wildman–Crippen LogP) is 2.80. The average molecular weight is 274 g/mol. The van der Waals surface area contributed by atoms with Crippen LogP contribution in [-0.4, -0.2) is 19.1 Å². The Kier molecular flexibility index (Phi) is 6.20. The fourth-order valence-electron chi connectivity index (χ4n) is 2.09. The van der Waals surface area contributed by atoms with Crippen LogP contribution in [-0.2, 0) is 9.53 Å². The first kappa shape index (κ1) is 16.2. The van der Waals surface area contributed by atoms with Gasteiger partial charge < -0.3 is 4.74 Å². The number of rotatable bonds is 6. The van der Waals surface area contributed by atoms with Crippen LogP contribution in [0.1, 0.15) is 44.4 Å². The molecule has 1 aromatic carbocycles. The van der Waals surface area contributed by atoms with Gasteiger partial charge >= 0.3 is 5.97 Å². The molecule has 0 amide bonds. The summed E-state index contributed by atoms with van der Waals surface area (Å²) in [5.41, 5.74) is 1.68. The molecule has 20 heavy (non-hydrogen) atoms. The molecule has 0 aliphatic rings. The zero-order chi connectivity index (χ0) is 15.1. The van der Waals surface area contributed by atoms with Crippen LogP contribution in [0.5, 0.6) is 0 Å². The molecule has 2 unspecified atom stereocenters. The molecular formula is C16H22N2O2. The van der Waals surface area contributed by atoms with Crippen LogP contribution in [0.2, 0.25) is 0 Å². The maximum Gasteiger partial charge on any atom is 0.322 e.